The molecular formula is C20H24N4O2S. The fraction of sp³-hybridized carbons (Fsp3) is 0.450. The molecule has 0 spiro atoms. The highest BCUT2D eigenvalue weighted by atomic mass is 32.1. The van der Waals surface area contributed by atoms with Crippen molar-refractivity contribution in [2.75, 3.05) is 20.6 Å². The number of aromatic nitrogens is 2. The summed E-state index contributed by atoms with van der Waals surface area (Å²) in [5.74, 6) is 1.87. The first kappa shape index (κ1) is 18.1. The van der Waals surface area contributed by atoms with Crippen LogP contribution in [0.2, 0.25) is 0 Å². The molecular weight excluding hydrogens is 360 g/mol. The molecule has 7 heteroatoms. The highest BCUT2D eigenvalue weighted by Gasteiger charge is 2.33. The summed E-state index contributed by atoms with van der Waals surface area (Å²) in [6.07, 6.45) is 4.12. The lowest BCUT2D eigenvalue weighted by molar-refractivity contribution is 0.0942. The Labute approximate surface area is 162 Å². The Morgan fingerprint density at radius 2 is 2.15 bits per heavy atom. The van der Waals surface area contributed by atoms with E-state index in [1.54, 1.807) is 6.26 Å². The SMILES string of the molecule is Cc1nc(-c2ccco2)nc2sc(C(=O)NCC(C3CC3)N(C)C)c(C)c12. The van der Waals surface area contributed by atoms with E-state index in [1.165, 1.54) is 24.2 Å². The van der Waals surface area contributed by atoms with Gasteiger partial charge in [-0.1, -0.05) is 0 Å². The molecule has 3 aromatic rings. The summed E-state index contributed by atoms with van der Waals surface area (Å²) < 4.78 is 5.42. The zero-order valence-corrected chi connectivity index (χ0v) is 16.9. The third-order valence-corrected chi connectivity index (χ3v) is 6.40. The summed E-state index contributed by atoms with van der Waals surface area (Å²) >= 11 is 1.42. The smallest absolute Gasteiger partial charge is 0.261 e. The number of rotatable bonds is 6. The molecule has 0 aromatic carbocycles. The lowest BCUT2D eigenvalue weighted by atomic mass is 10.1. The number of carbonyl (C=O) groups excluding carboxylic acids is 1. The van der Waals surface area contributed by atoms with E-state index in [-0.39, 0.29) is 5.91 Å². The van der Waals surface area contributed by atoms with Crippen molar-refractivity contribution in [3.63, 3.8) is 0 Å². The molecule has 0 saturated heterocycles. The van der Waals surface area contributed by atoms with Crippen LogP contribution in [0.15, 0.2) is 22.8 Å². The number of hydrogen-bond donors (Lipinski definition) is 1. The summed E-state index contributed by atoms with van der Waals surface area (Å²) in [4.78, 5) is 25.8. The first-order chi connectivity index (χ1) is 13.0. The fourth-order valence-corrected chi connectivity index (χ4v) is 4.75. The highest BCUT2D eigenvalue weighted by Crippen LogP contribution is 2.35. The topological polar surface area (TPSA) is 71.3 Å². The van der Waals surface area contributed by atoms with Crippen molar-refractivity contribution in [3.8, 4) is 11.6 Å². The lowest BCUT2D eigenvalue weighted by Gasteiger charge is -2.24. The largest absolute Gasteiger partial charge is 0.461 e. The van der Waals surface area contributed by atoms with Gasteiger partial charge in [-0.15, -0.1) is 11.3 Å². The number of hydrogen-bond acceptors (Lipinski definition) is 6. The molecule has 1 N–H and O–H groups in total. The van der Waals surface area contributed by atoms with E-state index >= 15 is 0 Å². The summed E-state index contributed by atoms with van der Waals surface area (Å²) in [6, 6.07) is 4.06. The third-order valence-electron chi connectivity index (χ3n) is 5.22. The maximum absolute atomic E-state index is 12.8. The van der Waals surface area contributed by atoms with E-state index in [9.17, 15) is 4.79 Å². The number of likely N-dealkylation sites (N-methyl/N-ethyl adjacent to an activating group) is 1. The van der Waals surface area contributed by atoms with Crippen LogP contribution < -0.4 is 5.32 Å². The van der Waals surface area contributed by atoms with E-state index in [0.29, 0.717) is 35.0 Å². The van der Waals surface area contributed by atoms with E-state index in [2.05, 4.69) is 34.3 Å². The molecule has 0 radical (unpaired) electrons. The lowest BCUT2D eigenvalue weighted by Crippen LogP contribution is -2.41. The molecule has 0 bridgehead atoms. The number of aryl methyl sites for hydroxylation is 2. The van der Waals surface area contributed by atoms with Gasteiger partial charge in [-0.25, -0.2) is 9.97 Å². The zero-order chi connectivity index (χ0) is 19.1. The number of amides is 1. The highest BCUT2D eigenvalue weighted by molar-refractivity contribution is 7.20. The van der Waals surface area contributed by atoms with Gasteiger partial charge in [-0.05, 0) is 64.4 Å². The Hall–Kier alpha value is -2.25. The van der Waals surface area contributed by atoms with Gasteiger partial charge in [-0.2, -0.15) is 0 Å². The standard InChI is InChI=1S/C20H24N4O2S/c1-11-16-12(2)22-18(15-6-5-9-26-15)23-20(16)27-17(11)19(25)21-10-14(24(3)4)13-7-8-13/h5-6,9,13-14H,7-8,10H2,1-4H3,(H,21,25). The van der Waals surface area contributed by atoms with Gasteiger partial charge in [0.05, 0.1) is 16.8 Å². The van der Waals surface area contributed by atoms with Crippen LogP contribution in [0.25, 0.3) is 21.8 Å². The van der Waals surface area contributed by atoms with Crippen molar-refractivity contribution in [3.05, 3.63) is 34.5 Å². The van der Waals surface area contributed by atoms with Crippen LogP contribution in [-0.4, -0.2) is 47.5 Å². The number of fused-ring (bicyclic) bond motifs is 1. The minimum atomic E-state index is -0.0260. The predicted molar refractivity (Wildman–Crippen MR) is 107 cm³/mol. The molecule has 1 aliphatic rings. The Kier molecular flexibility index (Phi) is 4.74. The van der Waals surface area contributed by atoms with E-state index in [4.69, 9.17) is 4.42 Å². The second kappa shape index (κ2) is 7.05. The summed E-state index contributed by atoms with van der Waals surface area (Å²) in [5.41, 5.74) is 1.81. The Morgan fingerprint density at radius 1 is 1.37 bits per heavy atom. The summed E-state index contributed by atoms with van der Waals surface area (Å²) in [7, 11) is 4.16. The van der Waals surface area contributed by atoms with Crippen LogP contribution in [0.1, 0.15) is 33.8 Å². The summed E-state index contributed by atoms with van der Waals surface area (Å²) in [6.45, 7) is 4.60. The molecule has 1 amide bonds. The van der Waals surface area contributed by atoms with Crippen molar-refractivity contribution in [2.45, 2.75) is 32.7 Å². The molecule has 1 aliphatic carbocycles. The molecule has 3 heterocycles. The van der Waals surface area contributed by atoms with Gasteiger partial charge in [0.2, 0.25) is 0 Å². The number of nitrogens with one attached hydrogen (secondary N) is 1. The molecule has 1 unspecified atom stereocenters. The van der Waals surface area contributed by atoms with Crippen molar-refractivity contribution in [1.29, 1.82) is 0 Å². The van der Waals surface area contributed by atoms with Gasteiger partial charge in [0.1, 0.15) is 4.83 Å². The van der Waals surface area contributed by atoms with Crippen LogP contribution >= 0.6 is 11.3 Å². The predicted octanol–water partition coefficient (Wildman–Crippen LogP) is 3.64. The number of carbonyl (C=O) groups is 1. The first-order valence-corrected chi connectivity index (χ1v) is 10.0. The monoisotopic (exact) mass is 384 g/mol. The second-order valence-corrected chi connectivity index (χ2v) is 8.42. The van der Waals surface area contributed by atoms with Crippen molar-refractivity contribution in [1.82, 2.24) is 20.2 Å². The third kappa shape index (κ3) is 3.49. The van der Waals surface area contributed by atoms with Crippen molar-refractivity contribution >= 4 is 27.5 Å². The van der Waals surface area contributed by atoms with E-state index in [1.807, 2.05) is 26.0 Å². The first-order valence-electron chi connectivity index (χ1n) is 9.22. The second-order valence-electron chi connectivity index (χ2n) is 7.42. The van der Waals surface area contributed by atoms with Gasteiger partial charge in [0.15, 0.2) is 11.6 Å². The molecule has 27 heavy (non-hydrogen) atoms. The average molecular weight is 385 g/mol. The molecule has 4 rings (SSSR count). The van der Waals surface area contributed by atoms with Crippen molar-refractivity contribution < 1.29 is 9.21 Å². The minimum Gasteiger partial charge on any atom is -0.461 e. The molecule has 1 saturated carbocycles. The van der Waals surface area contributed by atoms with Crippen LogP contribution in [0.4, 0.5) is 0 Å². The minimum absolute atomic E-state index is 0.0260. The Balaban J connectivity index is 1.61. The van der Waals surface area contributed by atoms with Crippen molar-refractivity contribution in [2.24, 2.45) is 5.92 Å². The van der Waals surface area contributed by atoms with Crippen LogP contribution in [0.3, 0.4) is 0 Å². The molecule has 6 nitrogen and oxygen atoms in total. The number of thiophene rings is 1. The quantitative estimate of drug-likeness (QED) is 0.703. The van der Waals surface area contributed by atoms with Gasteiger partial charge in [-0.3, -0.25) is 4.79 Å². The maximum Gasteiger partial charge on any atom is 0.261 e. The number of furan rings is 1. The van der Waals surface area contributed by atoms with Gasteiger partial charge >= 0.3 is 0 Å². The maximum atomic E-state index is 12.8. The van der Waals surface area contributed by atoms with E-state index in [0.717, 1.165) is 21.5 Å². The summed E-state index contributed by atoms with van der Waals surface area (Å²) in [5, 5.41) is 4.09. The average Bonchev–Trinajstić information content (AvgIpc) is 3.17. The fourth-order valence-electron chi connectivity index (χ4n) is 3.60. The van der Waals surface area contributed by atoms with Crippen LogP contribution in [0.5, 0.6) is 0 Å². The van der Waals surface area contributed by atoms with Gasteiger partial charge in [0, 0.05) is 18.0 Å². The normalized spacial score (nSPS) is 15.4. The Morgan fingerprint density at radius 3 is 2.78 bits per heavy atom. The molecule has 1 fully saturated rings. The number of nitrogens with zero attached hydrogens (tertiary/aromatic N) is 3. The zero-order valence-electron chi connectivity index (χ0n) is 16.1. The molecule has 3 aromatic heterocycles. The molecule has 1 atom stereocenters. The van der Waals surface area contributed by atoms with E-state index < -0.39 is 0 Å². The molecule has 0 aliphatic heterocycles. The van der Waals surface area contributed by atoms with Crippen LogP contribution in [-0.2, 0) is 0 Å². The van der Waals surface area contributed by atoms with Gasteiger partial charge < -0.3 is 14.6 Å². The van der Waals surface area contributed by atoms with Crippen LogP contribution in [0, 0.1) is 19.8 Å². The van der Waals surface area contributed by atoms with Gasteiger partial charge in [0.25, 0.3) is 5.91 Å². The Bertz CT molecular complexity index is 972. The molecule has 142 valence electrons.